The number of rotatable bonds is 4. The standard InChI is InChI=1S/C20H14F2N4O/c21-16-5-2-6-17(22)19(16)18-10-15-9-14(24-11-26(15)25-18)8-12-3-1-4-13(7-12)20(23)27/h1-7,9-11H,8H2,(H2,23,27). The molecule has 0 fully saturated rings. The van der Waals surface area contributed by atoms with Gasteiger partial charge in [0.2, 0.25) is 5.91 Å². The van der Waals surface area contributed by atoms with Crippen LogP contribution < -0.4 is 5.73 Å². The summed E-state index contributed by atoms with van der Waals surface area (Å²) >= 11 is 0. The predicted molar refractivity (Wildman–Crippen MR) is 96.1 cm³/mol. The summed E-state index contributed by atoms with van der Waals surface area (Å²) in [5, 5.41) is 4.20. The quantitative estimate of drug-likeness (QED) is 0.603. The van der Waals surface area contributed by atoms with E-state index < -0.39 is 17.5 Å². The SMILES string of the molecule is NC(=O)c1cccc(Cc2cc3cc(-c4c(F)cccc4F)nn3cn2)c1. The van der Waals surface area contributed by atoms with E-state index in [0.29, 0.717) is 17.5 Å². The first-order chi connectivity index (χ1) is 13.0. The summed E-state index contributed by atoms with van der Waals surface area (Å²) in [5.74, 6) is -1.84. The number of hydrogen-bond donors (Lipinski definition) is 1. The highest BCUT2D eigenvalue weighted by molar-refractivity contribution is 5.92. The van der Waals surface area contributed by atoms with Crippen molar-refractivity contribution in [2.75, 3.05) is 0 Å². The van der Waals surface area contributed by atoms with Crippen LogP contribution in [0.2, 0.25) is 0 Å². The third kappa shape index (κ3) is 3.27. The van der Waals surface area contributed by atoms with Gasteiger partial charge in [0, 0.05) is 17.7 Å². The van der Waals surface area contributed by atoms with Gasteiger partial charge in [0.05, 0.1) is 16.8 Å². The van der Waals surface area contributed by atoms with Crippen LogP contribution in [0.3, 0.4) is 0 Å². The molecule has 0 aliphatic carbocycles. The third-order valence-electron chi connectivity index (χ3n) is 4.23. The lowest BCUT2D eigenvalue weighted by molar-refractivity contribution is 0.1000. The molecule has 1 amide bonds. The molecule has 134 valence electrons. The van der Waals surface area contributed by atoms with Crippen LogP contribution in [0.1, 0.15) is 21.6 Å². The molecule has 0 aliphatic heterocycles. The molecule has 0 bridgehead atoms. The number of aromatic nitrogens is 3. The Labute approximate surface area is 153 Å². The number of carbonyl (C=O) groups excluding carboxylic acids is 1. The predicted octanol–water partition coefficient (Wildman–Crippen LogP) is 3.36. The molecular formula is C20H14F2N4O. The molecule has 0 aliphatic rings. The molecule has 0 saturated heterocycles. The maximum Gasteiger partial charge on any atom is 0.248 e. The number of amides is 1. The minimum atomic E-state index is -0.671. The van der Waals surface area contributed by atoms with Crippen molar-refractivity contribution >= 4 is 11.4 Å². The van der Waals surface area contributed by atoms with Crippen LogP contribution in [0.4, 0.5) is 8.78 Å². The van der Waals surface area contributed by atoms with Gasteiger partial charge >= 0.3 is 0 Å². The van der Waals surface area contributed by atoms with Crippen LogP contribution in [-0.2, 0) is 6.42 Å². The second-order valence-corrected chi connectivity index (χ2v) is 6.12. The second-order valence-electron chi connectivity index (χ2n) is 6.12. The summed E-state index contributed by atoms with van der Waals surface area (Å²) in [4.78, 5) is 15.6. The molecule has 0 saturated carbocycles. The van der Waals surface area contributed by atoms with Gasteiger partial charge in [-0.15, -0.1) is 0 Å². The Kier molecular flexibility index (Phi) is 4.12. The molecule has 0 radical (unpaired) electrons. The first-order valence-corrected chi connectivity index (χ1v) is 8.19. The number of fused-ring (bicyclic) bond motifs is 1. The van der Waals surface area contributed by atoms with Gasteiger partial charge in [0.15, 0.2) is 0 Å². The van der Waals surface area contributed by atoms with Gasteiger partial charge in [-0.2, -0.15) is 5.10 Å². The summed E-state index contributed by atoms with van der Waals surface area (Å²) in [6.45, 7) is 0. The summed E-state index contributed by atoms with van der Waals surface area (Å²) in [6, 6.07) is 14.1. The lowest BCUT2D eigenvalue weighted by Crippen LogP contribution is -2.11. The topological polar surface area (TPSA) is 73.3 Å². The van der Waals surface area contributed by atoms with E-state index in [1.54, 1.807) is 30.3 Å². The van der Waals surface area contributed by atoms with Crippen molar-refractivity contribution in [2.45, 2.75) is 6.42 Å². The summed E-state index contributed by atoms with van der Waals surface area (Å²) in [5.41, 5.74) is 8.02. The van der Waals surface area contributed by atoms with Crippen molar-refractivity contribution in [1.82, 2.24) is 14.6 Å². The minimum Gasteiger partial charge on any atom is -0.366 e. The average molecular weight is 364 g/mol. The van der Waals surface area contributed by atoms with Crippen LogP contribution >= 0.6 is 0 Å². The highest BCUT2D eigenvalue weighted by atomic mass is 19.1. The molecule has 0 atom stereocenters. The van der Waals surface area contributed by atoms with Gasteiger partial charge in [-0.05, 0) is 42.0 Å². The van der Waals surface area contributed by atoms with Crippen LogP contribution in [0.15, 0.2) is 60.9 Å². The third-order valence-corrected chi connectivity index (χ3v) is 4.23. The molecule has 2 aromatic carbocycles. The number of benzene rings is 2. The lowest BCUT2D eigenvalue weighted by Gasteiger charge is -2.03. The fourth-order valence-electron chi connectivity index (χ4n) is 2.95. The maximum absolute atomic E-state index is 14.0. The first kappa shape index (κ1) is 16.8. The first-order valence-electron chi connectivity index (χ1n) is 8.19. The summed E-state index contributed by atoms with van der Waals surface area (Å²) in [7, 11) is 0. The zero-order valence-corrected chi connectivity index (χ0v) is 14.1. The Bertz CT molecular complexity index is 1150. The van der Waals surface area contributed by atoms with Crippen LogP contribution in [0, 0.1) is 11.6 Å². The molecule has 27 heavy (non-hydrogen) atoms. The van der Waals surface area contributed by atoms with E-state index in [0.717, 1.165) is 11.3 Å². The van der Waals surface area contributed by atoms with Gasteiger partial charge in [-0.25, -0.2) is 18.3 Å². The van der Waals surface area contributed by atoms with Crippen molar-refractivity contribution in [3.8, 4) is 11.3 Å². The van der Waals surface area contributed by atoms with Crippen molar-refractivity contribution in [3.63, 3.8) is 0 Å². The van der Waals surface area contributed by atoms with E-state index in [1.807, 2.05) is 6.07 Å². The van der Waals surface area contributed by atoms with E-state index in [-0.39, 0.29) is 11.3 Å². The fourth-order valence-corrected chi connectivity index (χ4v) is 2.95. The van der Waals surface area contributed by atoms with E-state index in [4.69, 9.17) is 5.73 Å². The van der Waals surface area contributed by atoms with Gasteiger partial charge < -0.3 is 5.73 Å². The molecule has 4 aromatic rings. The molecule has 0 spiro atoms. The Morgan fingerprint density at radius 1 is 1.04 bits per heavy atom. The normalized spacial score (nSPS) is 11.0. The average Bonchev–Trinajstić information content (AvgIpc) is 3.04. The zero-order valence-electron chi connectivity index (χ0n) is 14.1. The zero-order chi connectivity index (χ0) is 19.0. The highest BCUT2D eigenvalue weighted by Gasteiger charge is 2.15. The van der Waals surface area contributed by atoms with E-state index >= 15 is 0 Å². The van der Waals surface area contributed by atoms with Crippen molar-refractivity contribution < 1.29 is 13.6 Å². The minimum absolute atomic E-state index is 0.170. The number of nitrogens with two attached hydrogens (primary N) is 1. The smallest absolute Gasteiger partial charge is 0.248 e. The number of nitrogens with zero attached hydrogens (tertiary/aromatic N) is 3. The molecule has 4 rings (SSSR count). The summed E-state index contributed by atoms with van der Waals surface area (Å²) < 4.78 is 29.4. The Hall–Kier alpha value is -3.61. The number of carbonyl (C=O) groups is 1. The van der Waals surface area contributed by atoms with Gasteiger partial charge in [0.25, 0.3) is 0 Å². The molecule has 7 heteroatoms. The Morgan fingerprint density at radius 2 is 1.78 bits per heavy atom. The highest BCUT2D eigenvalue weighted by Crippen LogP contribution is 2.26. The largest absolute Gasteiger partial charge is 0.366 e. The van der Waals surface area contributed by atoms with Crippen LogP contribution in [-0.4, -0.2) is 20.5 Å². The van der Waals surface area contributed by atoms with E-state index in [9.17, 15) is 13.6 Å². The van der Waals surface area contributed by atoms with Crippen molar-refractivity contribution in [3.05, 3.63) is 89.4 Å². The fraction of sp³-hybridized carbons (Fsp3) is 0.0500. The molecule has 2 aromatic heterocycles. The Balaban J connectivity index is 1.69. The number of hydrogen-bond acceptors (Lipinski definition) is 3. The van der Waals surface area contributed by atoms with Gasteiger partial charge in [0.1, 0.15) is 18.0 Å². The van der Waals surface area contributed by atoms with Crippen molar-refractivity contribution in [1.29, 1.82) is 0 Å². The number of halogens is 2. The van der Waals surface area contributed by atoms with Gasteiger partial charge in [-0.3, -0.25) is 4.79 Å². The van der Waals surface area contributed by atoms with Crippen LogP contribution in [0.25, 0.3) is 16.8 Å². The van der Waals surface area contributed by atoms with E-state index in [1.165, 1.54) is 29.0 Å². The lowest BCUT2D eigenvalue weighted by atomic mass is 10.1. The number of primary amides is 1. The second kappa shape index (κ2) is 6.60. The Morgan fingerprint density at radius 3 is 2.52 bits per heavy atom. The monoisotopic (exact) mass is 364 g/mol. The van der Waals surface area contributed by atoms with Gasteiger partial charge in [-0.1, -0.05) is 18.2 Å². The molecule has 2 N–H and O–H groups in total. The molecule has 2 heterocycles. The van der Waals surface area contributed by atoms with Crippen molar-refractivity contribution in [2.24, 2.45) is 5.73 Å². The molecular weight excluding hydrogens is 350 g/mol. The molecule has 0 unspecified atom stereocenters. The molecule has 5 nitrogen and oxygen atoms in total. The van der Waals surface area contributed by atoms with Crippen LogP contribution in [0.5, 0.6) is 0 Å². The maximum atomic E-state index is 14.0. The summed E-state index contributed by atoms with van der Waals surface area (Å²) in [6.07, 6.45) is 1.97. The van der Waals surface area contributed by atoms with E-state index in [2.05, 4.69) is 10.1 Å².